The molecule has 2 aromatic carbocycles. The molecule has 0 aliphatic carbocycles. The minimum atomic E-state index is -2.10. The van der Waals surface area contributed by atoms with Crippen LogP contribution in [0.25, 0.3) is 44.1 Å². The third-order valence-electron chi connectivity index (χ3n) is 29.0. The molecule has 0 unspecified atom stereocenters. The van der Waals surface area contributed by atoms with Gasteiger partial charge >= 0.3 is 23.9 Å². The van der Waals surface area contributed by atoms with E-state index in [0.717, 1.165) is 44.1 Å². The van der Waals surface area contributed by atoms with Crippen molar-refractivity contribution in [3.05, 3.63) is 209 Å². The molecule has 3 aliphatic rings. The lowest BCUT2D eigenvalue weighted by molar-refractivity contribution is 0.0514. The van der Waals surface area contributed by atoms with Crippen LogP contribution in [0.1, 0.15) is 232 Å². The van der Waals surface area contributed by atoms with Gasteiger partial charge in [-0.1, -0.05) is 142 Å². The Labute approximate surface area is 877 Å². The monoisotopic (exact) mass is 2200 g/mol. The van der Waals surface area contributed by atoms with Gasteiger partial charge in [0.15, 0.2) is 25.0 Å². The number of aryl methyl sites for hydroxylation is 5. The van der Waals surface area contributed by atoms with Crippen LogP contribution >= 0.6 is 31.9 Å². The topological polar surface area (TPSA) is 341 Å². The molecule has 2 N–H and O–H groups in total. The number of aromatic nitrogens is 8. The Morgan fingerprint density at radius 3 is 0.959 bits per heavy atom. The second-order valence-electron chi connectivity index (χ2n) is 43.6. The van der Waals surface area contributed by atoms with Gasteiger partial charge in [0.05, 0.1) is 142 Å². The summed E-state index contributed by atoms with van der Waals surface area (Å²) in [6.45, 7) is 66.1. The highest BCUT2D eigenvalue weighted by atomic mass is 79.9. The molecule has 4 atom stereocenters. The Morgan fingerprint density at radius 1 is 0.404 bits per heavy atom. The average molecular weight is 2200 g/mol. The minimum absolute atomic E-state index is 0.00940. The van der Waals surface area contributed by atoms with Crippen LogP contribution in [0.15, 0.2) is 126 Å². The second kappa shape index (κ2) is 50.8. The third-order valence-corrected chi connectivity index (χ3v) is 43.9. The van der Waals surface area contributed by atoms with Crippen LogP contribution in [-0.4, -0.2) is 222 Å². The number of rotatable bonds is 34. The molecule has 0 radical (unpaired) electrons. The lowest BCUT2D eigenvalue weighted by Crippen LogP contribution is -2.43. The van der Waals surface area contributed by atoms with Crippen molar-refractivity contribution in [1.29, 1.82) is 0 Å². The standard InChI is InChI=1S/C34H48FN3O5Si.C26H40BrN3O5Si.C26H30FN3O5.C23H35BrN2O4Si/c1-9-42-33(40)28-21-38(29(23(2)3)22-43-44(7,8)34(4,5)6)32-27(30(28)39)20-25(13-10-24-11-14-26(35)15-12-24)31(36-32)37-16-18-41-19-17-37;1-9-34-25(32)19-15-30(21(17(2)3)16-35-36(7,8)26(4,5)6)23-18(22(19)31)14-20(27)24(28-23)29-10-12-33-13-11-29;1-16(2)22(15-31)30-14-21(26(33)34)23(32)20-13-18(6-3-17-4-7-19(27)8-5-17)24(28-25(20)30)29-9-11-35-12-10-29;1-10-29-22(28)17-12-26(21-16(20(17)27)11-18(24)15(4)25-21)19(14(2)3)13-30-31(8,9)23(5,6)7/h11-12,14-15,20-21,23,29H,9-10,13,16-19,22H2,1-8H3;14-15,17,21H,9-13,16H2,1-8H3;4-5,7-8,13-14,16,22,31H,3,6,9-12,15H2,1-2H3,(H,33,34);11-12,14,19H,10,13H2,1-9H3/t29-;21-;22-;19-/m1111/s1. The average Bonchev–Trinajstić information content (AvgIpc) is 0.754. The summed E-state index contributed by atoms with van der Waals surface area (Å²) in [5, 5.41) is 21.3. The van der Waals surface area contributed by atoms with E-state index in [0.29, 0.717) is 173 Å². The highest BCUT2D eigenvalue weighted by Gasteiger charge is 2.43. The summed E-state index contributed by atoms with van der Waals surface area (Å²) < 4.78 is 88.0. The summed E-state index contributed by atoms with van der Waals surface area (Å²) in [5.41, 5.74) is 4.27. The highest BCUT2D eigenvalue weighted by Crippen LogP contribution is 2.43. The SMILES string of the molecule is CC(C)[C@@H](CO)n1cc(C(=O)O)c(=O)c2cc(CCc3ccc(F)cc3)c(N3CCOCC3)nc21.CCOC(=O)c1cn([C@H](CO[Si](C)(C)C(C)(C)C)C(C)C)c2nc(C)c(Br)cc2c1=O.CCOC(=O)c1cn([C@H](CO[Si](C)(C)C(C)(C)C)C(C)C)c2nc(N3CCOCC3)c(Br)cc2c1=O.CCOC(=O)c1cn([C@H](CO[Si](C)(C)C(C)(C)C)C(C)C)c2nc(N3CCOCC3)c(CCc3ccc(F)cc3)cc2c1=O. The van der Waals surface area contributed by atoms with Crippen molar-refractivity contribution < 1.29 is 79.9 Å². The number of ether oxygens (including phenoxy) is 6. The molecule has 30 nitrogen and oxygen atoms in total. The van der Waals surface area contributed by atoms with Crippen LogP contribution in [0.3, 0.4) is 0 Å². The molecular weight excluding hydrogens is 2050 g/mol. The number of morpholine rings is 3. The number of nitrogens with zero attached hydrogens (tertiary/aromatic N) is 11. The van der Waals surface area contributed by atoms with Crippen LogP contribution < -0.4 is 36.4 Å². The van der Waals surface area contributed by atoms with E-state index in [1.165, 1.54) is 30.5 Å². The quantitative estimate of drug-likeness (QED) is 0.0215. The number of aliphatic hydroxyl groups is 1. The Balaban J connectivity index is 0.000000201. The van der Waals surface area contributed by atoms with Crippen LogP contribution in [-0.2, 0) is 67.4 Å². The van der Waals surface area contributed by atoms with Gasteiger partial charge in [-0.25, -0.2) is 47.9 Å². The lowest BCUT2D eigenvalue weighted by Gasteiger charge is -2.38. The van der Waals surface area contributed by atoms with Crippen molar-refractivity contribution in [3.63, 3.8) is 0 Å². The number of fused-ring (bicyclic) bond motifs is 4. The second-order valence-corrected chi connectivity index (χ2v) is 59.7. The van der Waals surface area contributed by atoms with E-state index in [1.54, 1.807) is 86.4 Å². The van der Waals surface area contributed by atoms with Crippen LogP contribution in [0.4, 0.5) is 26.2 Å². The lowest BCUT2D eigenvalue weighted by atomic mass is 10.0. The van der Waals surface area contributed by atoms with Gasteiger partial charge in [0, 0.05) is 68.5 Å². The Morgan fingerprint density at radius 2 is 0.671 bits per heavy atom. The Hall–Kier alpha value is -9.65. The van der Waals surface area contributed by atoms with E-state index in [4.69, 9.17) is 61.6 Å². The van der Waals surface area contributed by atoms with Crippen LogP contribution in [0, 0.1) is 42.2 Å². The van der Waals surface area contributed by atoms with Crippen molar-refractivity contribution in [2.45, 2.75) is 250 Å². The number of pyridine rings is 8. The van der Waals surface area contributed by atoms with Crippen molar-refractivity contribution >= 4 is 142 Å². The fourth-order valence-electron chi connectivity index (χ4n) is 16.7. The first-order valence-electron chi connectivity index (χ1n) is 50.9. The summed E-state index contributed by atoms with van der Waals surface area (Å²) in [4.78, 5) is 130. The summed E-state index contributed by atoms with van der Waals surface area (Å²) in [5.74, 6) is -1.09. The number of carboxylic acid groups (broad SMARTS) is 1. The highest BCUT2D eigenvalue weighted by molar-refractivity contribution is 9.11. The predicted octanol–water partition coefficient (Wildman–Crippen LogP) is 20.9. The molecule has 3 saturated heterocycles. The number of hydrogen-bond donors (Lipinski definition) is 2. The summed E-state index contributed by atoms with van der Waals surface area (Å²) in [6.07, 6.45) is 8.50. The van der Waals surface area contributed by atoms with Crippen molar-refractivity contribution in [2.75, 3.05) is 140 Å². The largest absolute Gasteiger partial charge is 0.477 e. The molecule has 37 heteroatoms. The molecule has 0 amide bonds. The number of benzene rings is 2. The molecule has 0 saturated carbocycles. The summed E-state index contributed by atoms with van der Waals surface area (Å²) >= 11 is 7.09. The van der Waals surface area contributed by atoms with Crippen molar-refractivity contribution in [2.24, 2.45) is 23.7 Å². The number of carbonyl (C=O) groups is 4. The number of carboxylic acids is 1. The predicted molar refractivity (Wildman–Crippen MR) is 588 cm³/mol. The fraction of sp³-hybridized carbons (Fsp3) is 0.560. The Kier molecular flexibility index (Phi) is 41.1. The molecule has 798 valence electrons. The third kappa shape index (κ3) is 28.7. The van der Waals surface area contributed by atoms with E-state index >= 15 is 0 Å². The summed E-state index contributed by atoms with van der Waals surface area (Å²) in [6, 6.07) is 19.0. The van der Waals surface area contributed by atoms with Gasteiger partial charge in [0.1, 0.15) is 73.9 Å². The first-order chi connectivity index (χ1) is 68.5. The molecule has 3 fully saturated rings. The van der Waals surface area contributed by atoms with Gasteiger partial charge in [0.25, 0.3) is 0 Å². The molecule has 11 heterocycles. The maximum atomic E-state index is 13.9. The maximum absolute atomic E-state index is 13.9. The van der Waals surface area contributed by atoms with Crippen molar-refractivity contribution in [3.8, 4) is 0 Å². The fourth-order valence-corrected chi connectivity index (χ4v) is 20.6. The van der Waals surface area contributed by atoms with E-state index < -0.39 is 65.7 Å². The van der Waals surface area contributed by atoms with Gasteiger partial charge in [-0.15, -0.1) is 0 Å². The number of aromatic carboxylic acids is 1. The normalized spacial score (nSPS) is 15.0. The minimum Gasteiger partial charge on any atom is -0.477 e. The smallest absolute Gasteiger partial charge is 0.343 e. The van der Waals surface area contributed by atoms with Gasteiger partial charge in [-0.05, 0) is 234 Å². The maximum Gasteiger partial charge on any atom is 0.343 e. The van der Waals surface area contributed by atoms with Gasteiger partial charge in [0.2, 0.25) is 21.7 Å². The molecule has 0 spiro atoms. The summed E-state index contributed by atoms with van der Waals surface area (Å²) in [7, 11) is -6.12. The van der Waals surface area contributed by atoms with Crippen LogP contribution in [0.2, 0.25) is 54.4 Å². The first-order valence-corrected chi connectivity index (χ1v) is 61.2. The molecule has 3 aliphatic heterocycles. The van der Waals surface area contributed by atoms with Gasteiger partial charge in [-0.2, -0.15) is 0 Å². The van der Waals surface area contributed by atoms with Gasteiger partial charge in [-0.3, -0.25) is 19.2 Å². The molecule has 13 rings (SSSR count). The zero-order valence-electron chi connectivity index (χ0n) is 90.4. The Bertz CT molecular complexity index is 6500. The number of anilines is 3. The zero-order chi connectivity index (χ0) is 108. The first kappa shape index (κ1) is 118. The number of halogens is 4. The van der Waals surface area contributed by atoms with E-state index in [2.05, 4.69) is 190 Å². The molecule has 0 bridgehead atoms. The van der Waals surface area contributed by atoms with E-state index in [1.807, 2.05) is 40.5 Å². The molecular formula is C109H153Br2F2N11O19Si3. The van der Waals surface area contributed by atoms with Crippen molar-refractivity contribution in [1.82, 2.24) is 38.2 Å². The number of carbonyl (C=O) groups excluding carboxylic acids is 3. The van der Waals surface area contributed by atoms with E-state index in [-0.39, 0.29) is 133 Å². The van der Waals surface area contributed by atoms with E-state index in [9.17, 15) is 57.4 Å². The van der Waals surface area contributed by atoms with Gasteiger partial charge < -0.3 is 84.9 Å². The number of esters is 3. The molecule has 146 heavy (non-hydrogen) atoms. The number of aliphatic hydroxyl groups excluding tert-OH is 1. The molecule has 8 aromatic heterocycles. The number of hydrogen-bond acceptors (Lipinski definition) is 25. The van der Waals surface area contributed by atoms with Crippen LogP contribution in [0.5, 0.6) is 0 Å². The molecule has 10 aromatic rings. The zero-order valence-corrected chi connectivity index (χ0v) is 96.6.